The summed E-state index contributed by atoms with van der Waals surface area (Å²) in [5.74, 6) is 0.548. The molecule has 0 radical (unpaired) electrons. The molecule has 0 bridgehead atoms. The number of aryl methyl sites for hydroxylation is 1. The van der Waals surface area contributed by atoms with Crippen molar-refractivity contribution in [1.29, 1.82) is 0 Å². The topological polar surface area (TPSA) is 64.9 Å². The number of hydrogen-bond donors (Lipinski definition) is 0. The first kappa shape index (κ1) is 19.2. The maximum Gasteiger partial charge on any atom is 0.288 e. The Morgan fingerprint density at radius 3 is 2.59 bits per heavy atom. The molecular weight excluding hydrogens is 384 g/mol. The van der Waals surface area contributed by atoms with Gasteiger partial charge in [0, 0.05) is 11.6 Å². The molecule has 0 aliphatic carbocycles. The highest BCUT2D eigenvalue weighted by Crippen LogP contribution is 2.24. The monoisotopic (exact) mass is 406 g/mol. The molecule has 0 saturated heterocycles. The molecule has 4 aromatic rings. The number of rotatable bonds is 6. The van der Waals surface area contributed by atoms with Crippen LogP contribution in [-0.4, -0.2) is 36.5 Å². The van der Waals surface area contributed by atoms with Gasteiger partial charge in [-0.25, -0.2) is 14.3 Å². The summed E-state index contributed by atoms with van der Waals surface area (Å²) in [6, 6.07) is 16.4. The van der Waals surface area contributed by atoms with E-state index >= 15 is 0 Å². The Morgan fingerprint density at radius 2 is 1.90 bits per heavy atom. The fourth-order valence-electron chi connectivity index (χ4n) is 3.15. The van der Waals surface area contributed by atoms with Crippen LogP contribution in [0.1, 0.15) is 24.1 Å². The summed E-state index contributed by atoms with van der Waals surface area (Å²) in [5.41, 5.74) is 4.22. The number of benzene rings is 2. The second-order valence-corrected chi connectivity index (χ2v) is 7.34. The first-order valence-corrected chi connectivity index (χ1v) is 9.73. The molecule has 0 amide bonds. The van der Waals surface area contributed by atoms with Gasteiger partial charge in [-0.15, -0.1) is 5.10 Å². The summed E-state index contributed by atoms with van der Waals surface area (Å²) in [7, 11) is 2.04. The van der Waals surface area contributed by atoms with Crippen molar-refractivity contribution in [3.63, 3.8) is 0 Å². The molecule has 1 atom stereocenters. The summed E-state index contributed by atoms with van der Waals surface area (Å²) in [6.45, 7) is 4.71. The van der Waals surface area contributed by atoms with Gasteiger partial charge in [-0.1, -0.05) is 30.3 Å². The van der Waals surface area contributed by atoms with Crippen LogP contribution in [0, 0.1) is 11.8 Å². The molecule has 8 heteroatoms. The van der Waals surface area contributed by atoms with Crippen molar-refractivity contribution in [2.45, 2.75) is 26.6 Å². The molecule has 4 rings (SSSR count). The van der Waals surface area contributed by atoms with Crippen LogP contribution in [0.25, 0.3) is 17.1 Å². The van der Waals surface area contributed by atoms with E-state index in [1.165, 1.54) is 11.9 Å². The highest BCUT2D eigenvalue weighted by atomic mass is 32.1. The molecule has 0 aliphatic rings. The van der Waals surface area contributed by atoms with Gasteiger partial charge in [0.05, 0.1) is 12.4 Å². The van der Waals surface area contributed by atoms with Gasteiger partial charge in [0.15, 0.2) is 0 Å². The minimum absolute atomic E-state index is 0.167. The molecule has 2 heterocycles. The predicted molar refractivity (Wildman–Crippen MR) is 113 cm³/mol. The highest BCUT2D eigenvalue weighted by Gasteiger charge is 2.16. The van der Waals surface area contributed by atoms with Gasteiger partial charge < -0.3 is 4.42 Å². The van der Waals surface area contributed by atoms with Gasteiger partial charge in [-0.2, -0.15) is 5.10 Å². The third-order valence-corrected chi connectivity index (χ3v) is 5.35. The average molecular weight is 407 g/mol. The van der Waals surface area contributed by atoms with Crippen molar-refractivity contribution < 1.29 is 4.42 Å². The van der Waals surface area contributed by atoms with E-state index in [1.54, 1.807) is 15.7 Å². The fourth-order valence-corrected chi connectivity index (χ4v) is 3.33. The van der Waals surface area contributed by atoms with Gasteiger partial charge in [-0.05, 0) is 62.4 Å². The maximum absolute atomic E-state index is 5.75. The van der Waals surface area contributed by atoms with E-state index < -0.39 is 0 Å². The lowest BCUT2D eigenvalue weighted by Gasteiger charge is -2.24. The van der Waals surface area contributed by atoms with E-state index in [2.05, 4.69) is 39.1 Å². The van der Waals surface area contributed by atoms with Gasteiger partial charge in [-0.3, -0.25) is 4.90 Å². The third kappa shape index (κ3) is 4.03. The zero-order valence-corrected chi connectivity index (χ0v) is 17.4. The Hall–Kier alpha value is -3.10. The Bertz CT molecular complexity index is 1150. The van der Waals surface area contributed by atoms with Crippen LogP contribution in [0.3, 0.4) is 0 Å². The van der Waals surface area contributed by atoms with Crippen LogP contribution in [0.2, 0.25) is 0 Å². The Labute approximate surface area is 174 Å². The minimum atomic E-state index is 0.167. The van der Waals surface area contributed by atoms with E-state index in [0.29, 0.717) is 17.4 Å². The zero-order chi connectivity index (χ0) is 20.4. The first-order valence-electron chi connectivity index (χ1n) is 9.32. The smallest absolute Gasteiger partial charge is 0.288 e. The summed E-state index contributed by atoms with van der Waals surface area (Å²) < 4.78 is 9.21. The molecule has 0 N–H and O–H groups in total. The number of nitrogens with zero attached hydrogens (tertiary/aromatic N) is 6. The van der Waals surface area contributed by atoms with Gasteiger partial charge >= 0.3 is 0 Å². The summed E-state index contributed by atoms with van der Waals surface area (Å²) in [6.07, 6.45) is 3.21. The van der Waals surface area contributed by atoms with Crippen molar-refractivity contribution in [3.05, 3.63) is 77.1 Å². The van der Waals surface area contributed by atoms with E-state index in [4.69, 9.17) is 16.6 Å². The van der Waals surface area contributed by atoms with Crippen LogP contribution >= 0.6 is 12.2 Å². The van der Waals surface area contributed by atoms with Gasteiger partial charge in [0.2, 0.25) is 5.89 Å². The third-order valence-electron chi connectivity index (χ3n) is 5.06. The molecular formula is C21H22N6OS. The molecule has 0 unspecified atom stereocenters. The van der Waals surface area contributed by atoms with Crippen molar-refractivity contribution in [2.24, 2.45) is 0 Å². The molecule has 0 fully saturated rings. The zero-order valence-electron chi connectivity index (χ0n) is 16.6. The average Bonchev–Trinajstić information content (AvgIpc) is 3.38. The largest absolute Gasteiger partial charge is 0.409 e. The molecule has 0 saturated carbocycles. The van der Waals surface area contributed by atoms with Gasteiger partial charge in [0.1, 0.15) is 12.7 Å². The Balaban J connectivity index is 1.50. The van der Waals surface area contributed by atoms with Crippen molar-refractivity contribution in [2.75, 3.05) is 7.05 Å². The number of hydrogen-bond acceptors (Lipinski definition) is 6. The molecule has 29 heavy (non-hydrogen) atoms. The lowest BCUT2D eigenvalue weighted by Crippen LogP contribution is -2.26. The van der Waals surface area contributed by atoms with Crippen molar-refractivity contribution >= 4 is 12.2 Å². The molecule has 2 aromatic heterocycles. The van der Waals surface area contributed by atoms with Crippen LogP contribution in [0.4, 0.5) is 0 Å². The SMILES string of the molecule is Cc1ccccc1-c1nn(CN(C)[C@H](C)c2ccc(-n3cncn3)cc2)c(=S)o1. The molecule has 0 spiro atoms. The Kier molecular flexibility index (Phi) is 5.37. The minimum Gasteiger partial charge on any atom is -0.409 e. The standard InChI is InChI=1S/C21H22N6OS/c1-15-6-4-5-7-19(15)20-24-27(21(29)28-20)14-25(3)16(2)17-8-10-18(11-9-17)26-13-22-12-23-26/h4-13,16H,14H2,1-3H3/t16-/m1/s1. The Morgan fingerprint density at radius 1 is 1.14 bits per heavy atom. The van der Waals surface area contributed by atoms with Crippen LogP contribution in [0.15, 0.2) is 65.6 Å². The van der Waals surface area contributed by atoms with Crippen molar-refractivity contribution in [3.8, 4) is 17.1 Å². The summed E-state index contributed by atoms with van der Waals surface area (Å²) in [4.78, 5) is 6.52. The van der Waals surface area contributed by atoms with E-state index in [0.717, 1.165) is 16.8 Å². The van der Waals surface area contributed by atoms with Crippen LogP contribution in [0.5, 0.6) is 0 Å². The molecule has 7 nitrogen and oxygen atoms in total. The lowest BCUT2D eigenvalue weighted by atomic mass is 10.1. The van der Waals surface area contributed by atoms with Gasteiger partial charge in [0.25, 0.3) is 4.84 Å². The van der Waals surface area contributed by atoms with E-state index in [-0.39, 0.29) is 6.04 Å². The molecule has 148 valence electrons. The van der Waals surface area contributed by atoms with Crippen molar-refractivity contribution in [1.82, 2.24) is 29.4 Å². The number of aromatic nitrogens is 5. The predicted octanol–water partition coefficient (Wildman–Crippen LogP) is 4.41. The quantitative estimate of drug-likeness (QED) is 0.442. The second kappa shape index (κ2) is 8.10. The highest BCUT2D eigenvalue weighted by molar-refractivity contribution is 7.71. The maximum atomic E-state index is 5.75. The normalized spacial score (nSPS) is 12.4. The van der Waals surface area contributed by atoms with E-state index in [1.807, 2.05) is 50.4 Å². The van der Waals surface area contributed by atoms with Crippen LogP contribution in [-0.2, 0) is 6.67 Å². The van der Waals surface area contributed by atoms with Crippen LogP contribution < -0.4 is 0 Å². The van der Waals surface area contributed by atoms with E-state index in [9.17, 15) is 0 Å². The summed E-state index contributed by atoms with van der Waals surface area (Å²) in [5, 5.41) is 8.75. The lowest BCUT2D eigenvalue weighted by molar-refractivity contribution is 0.192. The molecule has 0 aliphatic heterocycles. The second-order valence-electron chi connectivity index (χ2n) is 6.99. The molecule has 2 aromatic carbocycles. The fraction of sp³-hybridized carbons (Fsp3) is 0.238. The summed E-state index contributed by atoms with van der Waals surface area (Å²) >= 11 is 5.39. The first-order chi connectivity index (χ1) is 14.0.